The molecule has 0 saturated carbocycles. The minimum atomic E-state index is -0.800. The molecule has 0 aromatic heterocycles. The predicted octanol–water partition coefficient (Wildman–Crippen LogP) is 1.72. The lowest BCUT2D eigenvalue weighted by Gasteiger charge is -2.17. The van der Waals surface area contributed by atoms with Crippen LogP contribution in [0.4, 0.5) is 0 Å². The van der Waals surface area contributed by atoms with Crippen molar-refractivity contribution in [3.05, 3.63) is 59.7 Å². The van der Waals surface area contributed by atoms with Crippen LogP contribution in [0.3, 0.4) is 0 Å². The van der Waals surface area contributed by atoms with Crippen molar-refractivity contribution in [3.8, 4) is 11.5 Å². The summed E-state index contributed by atoms with van der Waals surface area (Å²) in [6.45, 7) is 0.109. The SMILES string of the molecule is COC(=O)[C@@H](Cc1ccccc1)NC(=O)CCNC(=O)c1ccc(OC)c(OC)c1. The molecule has 2 rings (SSSR count). The maximum Gasteiger partial charge on any atom is 0.328 e. The molecule has 0 aliphatic rings. The Morgan fingerprint density at radius 3 is 2.27 bits per heavy atom. The average Bonchev–Trinajstić information content (AvgIpc) is 2.78. The molecule has 0 heterocycles. The second-order valence-corrected chi connectivity index (χ2v) is 6.41. The highest BCUT2D eigenvalue weighted by Crippen LogP contribution is 2.27. The summed E-state index contributed by atoms with van der Waals surface area (Å²) in [4.78, 5) is 36.6. The third-order valence-corrected chi connectivity index (χ3v) is 4.39. The standard InChI is InChI=1S/C22H26N2O6/c1-28-18-10-9-16(14-19(18)29-2)21(26)23-12-11-20(25)24-17(22(27)30-3)13-15-7-5-4-6-8-15/h4-10,14,17H,11-13H2,1-3H3,(H,23,26)(H,24,25)/t17-/m1/s1. The fourth-order valence-electron chi connectivity index (χ4n) is 2.82. The van der Waals surface area contributed by atoms with Gasteiger partial charge in [-0.15, -0.1) is 0 Å². The van der Waals surface area contributed by atoms with Crippen LogP contribution in [0.25, 0.3) is 0 Å². The van der Waals surface area contributed by atoms with E-state index in [1.165, 1.54) is 21.3 Å². The Labute approximate surface area is 175 Å². The molecule has 0 unspecified atom stereocenters. The smallest absolute Gasteiger partial charge is 0.328 e. The van der Waals surface area contributed by atoms with Crippen LogP contribution in [-0.2, 0) is 20.7 Å². The zero-order chi connectivity index (χ0) is 21.9. The monoisotopic (exact) mass is 414 g/mol. The number of carbonyl (C=O) groups excluding carboxylic acids is 3. The lowest BCUT2D eigenvalue weighted by atomic mass is 10.1. The van der Waals surface area contributed by atoms with Crippen molar-refractivity contribution >= 4 is 17.8 Å². The summed E-state index contributed by atoms with van der Waals surface area (Å²) in [6, 6.07) is 13.3. The van der Waals surface area contributed by atoms with Crippen molar-refractivity contribution in [1.82, 2.24) is 10.6 Å². The van der Waals surface area contributed by atoms with Crippen molar-refractivity contribution in [1.29, 1.82) is 0 Å². The number of amides is 2. The van der Waals surface area contributed by atoms with Crippen LogP contribution in [0.5, 0.6) is 11.5 Å². The molecule has 2 aromatic carbocycles. The molecule has 0 spiro atoms. The molecule has 1 atom stereocenters. The van der Waals surface area contributed by atoms with E-state index in [1.54, 1.807) is 18.2 Å². The zero-order valence-corrected chi connectivity index (χ0v) is 17.3. The Balaban J connectivity index is 1.88. The number of hydrogen-bond acceptors (Lipinski definition) is 6. The lowest BCUT2D eigenvalue weighted by Crippen LogP contribution is -2.44. The van der Waals surface area contributed by atoms with Crippen molar-refractivity contribution in [2.75, 3.05) is 27.9 Å². The van der Waals surface area contributed by atoms with Gasteiger partial charge in [0.1, 0.15) is 6.04 Å². The number of nitrogens with one attached hydrogen (secondary N) is 2. The summed E-state index contributed by atoms with van der Waals surface area (Å²) in [5, 5.41) is 5.33. The van der Waals surface area contributed by atoms with Gasteiger partial charge in [0.05, 0.1) is 21.3 Å². The van der Waals surface area contributed by atoms with Gasteiger partial charge in [-0.05, 0) is 23.8 Å². The molecule has 0 fully saturated rings. The number of rotatable bonds is 10. The van der Waals surface area contributed by atoms with Crippen LogP contribution in [-0.4, -0.2) is 51.7 Å². The Morgan fingerprint density at radius 2 is 1.63 bits per heavy atom. The van der Waals surface area contributed by atoms with Crippen LogP contribution in [0.1, 0.15) is 22.3 Å². The van der Waals surface area contributed by atoms with Gasteiger partial charge in [0.15, 0.2) is 11.5 Å². The summed E-state index contributed by atoms with van der Waals surface area (Å²) in [5.41, 5.74) is 1.28. The quantitative estimate of drug-likeness (QED) is 0.574. The molecule has 2 N–H and O–H groups in total. The molecular weight excluding hydrogens is 388 g/mol. The lowest BCUT2D eigenvalue weighted by molar-refractivity contribution is -0.145. The normalized spacial score (nSPS) is 11.2. The molecule has 0 saturated heterocycles. The number of benzene rings is 2. The van der Waals surface area contributed by atoms with E-state index in [9.17, 15) is 14.4 Å². The maximum absolute atomic E-state index is 12.3. The first-order valence-corrected chi connectivity index (χ1v) is 9.39. The minimum absolute atomic E-state index is 0.0152. The van der Waals surface area contributed by atoms with E-state index in [1.807, 2.05) is 30.3 Å². The number of esters is 1. The van der Waals surface area contributed by atoms with Gasteiger partial charge in [0.2, 0.25) is 5.91 Å². The molecule has 2 amide bonds. The molecule has 160 valence electrons. The van der Waals surface area contributed by atoms with Crippen LogP contribution in [0.2, 0.25) is 0 Å². The summed E-state index contributed by atoms with van der Waals surface area (Å²) >= 11 is 0. The van der Waals surface area contributed by atoms with Crippen LogP contribution < -0.4 is 20.1 Å². The number of ether oxygens (including phenoxy) is 3. The van der Waals surface area contributed by atoms with Gasteiger partial charge in [-0.3, -0.25) is 9.59 Å². The Bertz CT molecular complexity index is 869. The fraction of sp³-hybridized carbons (Fsp3) is 0.318. The summed E-state index contributed by atoms with van der Waals surface area (Å²) in [7, 11) is 4.27. The minimum Gasteiger partial charge on any atom is -0.493 e. The molecule has 8 nitrogen and oxygen atoms in total. The summed E-state index contributed by atoms with van der Waals surface area (Å²) in [6.07, 6.45) is 0.332. The highest BCUT2D eigenvalue weighted by atomic mass is 16.5. The zero-order valence-electron chi connectivity index (χ0n) is 17.3. The van der Waals surface area contributed by atoms with Crippen molar-refractivity contribution < 1.29 is 28.6 Å². The number of methoxy groups -OCH3 is 3. The van der Waals surface area contributed by atoms with E-state index in [4.69, 9.17) is 14.2 Å². The molecule has 0 bridgehead atoms. The van der Waals surface area contributed by atoms with Gasteiger partial charge >= 0.3 is 5.97 Å². The van der Waals surface area contributed by atoms with Crippen LogP contribution in [0.15, 0.2) is 48.5 Å². The number of carbonyl (C=O) groups is 3. The molecule has 30 heavy (non-hydrogen) atoms. The first-order valence-electron chi connectivity index (χ1n) is 9.39. The molecule has 0 aliphatic heterocycles. The van der Waals surface area contributed by atoms with E-state index in [0.717, 1.165) is 5.56 Å². The number of hydrogen-bond donors (Lipinski definition) is 2. The summed E-state index contributed by atoms with van der Waals surface area (Å²) in [5.74, 6) is -0.293. The Hall–Kier alpha value is -3.55. The van der Waals surface area contributed by atoms with E-state index >= 15 is 0 Å². The largest absolute Gasteiger partial charge is 0.493 e. The van der Waals surface area contributed by atoms with Crippen molar-refractivity contribution in [2.45, 2.75) is 18.9 Å². The van der Waals surface area contributed by atoms with Gasteiger partial charge in [-0.25, -0.2) is 4.79 Å². The average molecular weight is 414 g/mol. The summed E-state index contributed by atoms with van der Waals surface area (Å²) < 4.78 is 15.1. The predicted molar refractivity (Wildman–Crippen MR) is 111 cm³/mol. The molecule has 8 heteroatoms. The van der Waals surface area contributed by atoms with Gasteiger partial charge < -0.3 is 24.8 Å². The third kappa shape index (κ3) is 6.51. The Morgan fingerprint density at radius 1 is 0.933 bits per heavy atom. The van der Waals surface area contributed by atoms with E-state index in [0.29, 0.717) is 23.5 Å². The van der Waals surface area contributed by atoms with Crippen LogP contribution in [0, 0.1) is 0 Å². The molecule has 0 radical (unpaired) electrons. The van der Waals surface area contributed by atoms with E-state index in [-0.39, 0.29) is 24.8 Å². The second-order valence-electron chi connectivity index (χ2n) is 6.41. The molecular formula is C22H26N2O6. The fourth-order valence-corrected chi connectivity index (χ4v) is 2.82. The molecule has 2 aromatic rings. The highest BCUT2D eigenvalue weighted by molar-refractivity contribution is 5.95. The maximum atomic E-state index is 12.3. The molecule has 0 aliphatic carbocycles. The first-order chi connectivity index (χ1) is 14.5. The van der Waals surface area contributed by atoms with E-state index < -0.39 is 12.0 Å². The first kappa shape index (κ1) is 22.7. The van der Waals surface area contributed by atoms with Gasteiger partial charge in [-0.1, -0.05) is 30.3 Å². The second kappa shape index (κ2) is 11.5. The van der Waals surface area contributed by atoms with Gasteiger partial charge in [0, 0.05) is 24.9 Å². The Kier molecular flexibility index (Phi) is 8.68. The highest BCUT2D eigenvalue weighted by Gasteiger charge is 2.22. The van der Waals surface area contributed by atoms with Crippen LogP contribution >= 0.6 is 0 Å². The van der Waals surface area contributed by atoms with Gasteiger partial charge in [0.25, 0.3) is 5.91 Å². The third-order valence-electron chi connectivity index (χ3n) is 4.39. The van der Waals surface area contributed by atoms with Crippen molar-refractivity contribution in [3.63, 3.8) is 0 Å². The topological polar surface area (TPSA) is 103 Å². The van der Waals surface area contributed by atoms with Gasteiger partial charge in [-0.2, -0.15) is 0 Å². The van der Waals surface area contributed by atoms with E-state index in [2.05, 4.69) is 10.6 Å². The van der Waals surface area contributed by atoms with Crippen molar-refractivity contribution in [2.24, 2.45) is 0 Å².